The monoisotopic (exact) mass is 1550 g/mol. The molecule has 47 heteroatoms. The van der Waals surface area contributed by atoms with E-state index in [1.807, 2.05) is 0 Å². The van der Waals surface area contributed by atoms with Crippen LogP contribution in [0.15, 0.2) is 0 Å². The summed E-state index contributed by atoms with van der Waals surface area (Å²) in [4.78, 5) is 63.6. The molecule has 0 radical (unpaired) electrons. The first kappa shape index (κ1) is 87.4. The van der Waals surface area contributed by atoms with Crippen molar-refractivity contribution < 1.29 is 212 Å². The molecule has 0 saturated carbocycles. The molecule has 27 N–H and O–H groups in total. The van der Waals surface area contributed by atoms with Gasteiger partial charge in [0.25, 0.3) is 5.79 Å². The van der Waals surface area contributed by atoms with Crippen LogP contribution in [0.2, 0.25) is 0 Å². The van der Waals surface area contributed by atoms with E-state index in [0.29, 0.717) is 0 Å². The molecule has 8 heterocycles. The van der Waals surface area contributed by atoms with Crippen molar-refractivity contribution in [2.75, 3.05) is 46.2 Å². The van der Waals surface area contributed by atoms with Crippen LogP contribution < -0.4 is 21.3 Å². The van der Waals surface area contributed by atoms with Gasteiger partial charge in [-0.05, 0) is 6.92 Å². The third-order valence-corrected chi connectivity index (χ3v) is 19.2. The molecule has 1 unspecified atom stereocenters. The number of carbonyl (C=O) groups excluding carboxylic acids is 4. The van der Waals surface area contributed by atoms with Crippen molar-refractivity contribution in [3.8, 4) is 0 Å². The minimum absolute atomic E-state index is 0.816. The summed E-state index contributed by atoms with van der Waals surface area (Å²) in [7, 11) is 0. The summed E-state index contributed by atoms with van der Waals surface area (Å²) >= 11 is 0. The Kier molecular flexibility index (Phi) is 30.9. The maximum Gasteiger partial charge on any atom is 0.364 e. The number of rotatable bonds is 28. The number of aliphatic carboxylic acids is 1. The fourth-order valence-corrected chi connectivity index (χ4v) is 13.7. The normalized spacial score (nSPS) is 47.2. The number of nitrogens with one attached hydrogen (secondary N) is 4. The van der Waals surface area contributed by atoms with Crippen LogP contribution in [-0.2, 0) is 95.0 Å². The van der Waals surface area contributed by atoms with Gasteiger partial charge in [-0.15, -0.1) is 0 Å². The lowest BCUT2D eigenvalue weighted by Crippen LogP contribution is -2.71. The Balaban J connectivity index is 1.01. The van der Waals surface area contributed by atoms with Gasteiger partial charge in [-0.3, -0.25) is 19.2 Å². The van der Waals surface area contributed by atoms with Crippen molar-refractivity contribution in [3.63, 3.8) is 0 Å². The van der Waals surface area contributed by atoms with Crippen molar-refractivity contribution >= 4 is 29.6 Å². The summed E-state index contributed by atoms with van der Waals surface area (Å²) in [6.45, 7) is -2.85. The van der Waals surface area contributed by atoms with Crippen LogP contribution >= 0.6 is 0 Å². The van der Waals surface area contributed by atoms with Crippen LogP contribution in [0.4, 0.5) is 0 Å². The summed E-state index contributed by atoms with van der Waals surface area (Å²) in [6, 6.07) is -7.32. The van der Waals surface area contributed by atoms with E-state index in [-0.39, 0.29) is 0 Å². The first-order chi connectivity index (χ1) is 49.9. The van der Waals surface area contributed by atoms with E-state index in [0.717, 1.165) is 27.7 Å². The average molecular weight is 1550 g/mol. The number of amides is 4. The zero-order chi connectivity index (χ0) is 78.6. The maximum atomic E-state index is 13.1. The molecular formula is C59H98N4O43. The van der Waals surface area contributed by atoms with Gasteiger partial charge < -0.3 is 210 Å². The summed E-state index contributed by atoms with van der Waals surface area (Å²) in [5, 5.41) is 263. The van der Waals surface area contributed by atoms with Gasteiger partial charge in [-0.25, -0.2) is 4.79 Å². The summed E-state index contributed by atoms with van der Waals surface area (Å²) < 4.78 is 87.7. The molecule has 0 aromatic rings. The number of carboxylic acids is 1. The fraction of sp³-hybridized carbons (Fsp3) is 0.915. The van der Waals surface area contributed by atoms with Crippen LogP contribution in [-0.4, -0.2) is 444 Å². The number of carbonyl (C=O) groups is 5. The largest absolute Gasteiger partial charge is 0.477 e. The molecule has 0 aromatic heterocycles. The van der Waals surface area contributed by atoms with E-state index in [1.54, 1.807) is 0 Å². The van der Waals surface area contributed by atoms with Crippen molar-refractivity contribution in [2.24, 2.45) is 0 Å². The summed E-state index contributed by atoms with van der Waals surface area (Å²) in [5.41, 5.74) is 0. The van der Waals surface area contributed by atoms with Gasteiger partial charge in [0.1, 0.15) is 183 Å². The third-order valence-electron chi connectivity index (χ3n) is 19.2. The Morgan fingerprint density at radius 2 is 0.736 bits per heavy atom. The first-order valence-corrected chi connectivity index (χ1v) is 33.6. The fourth-order valence-electron chi connectivity index (χ4n) is 13.7. The van der Waals surface area contributed by atoms with E-state index in [2.05, 4.69) is 21.3 Å². The highest BCUT2D eigenvalue weighted by molar-refractivity contribution is 5.77. The number of carboxylic acid groups (broad SMARTS) is 1. The van der Waals surface area contributed by atoms with Gasteiger partial charge in [0.2, 0.25) is 23.6 Å². The van der Waals surface area contributed by atoms with Crippen molar-refractivity contribution in [2.45, 2.75) is 292 Å². The molecule has 0 aliphatic carbocycles. The molecule has 0 bridgehead atoms. The van der Waals surface area contributed by atoms with Crippen molar-refractivity contribution in [1.82, 2.24) is 21.3 Å². The van der Waals surface area contributed by atoms with Crippen LogP contribution in [0.25, 0.3) is 0 Å². The van der Waals surface area contributed by atoms with Gasteiger partial charge in [0.15, 0.2) is 44.0 Å². The lowest BCUT2D eigenvalue weighted by atomic mass is 9.88. The SMILES string of the molecule is CC(=O)N[C@H]1[C@H](O[C@H]2[C@@H](O)[C@@H](CO)O[C@@H](O[C@H]3[C@H](O)[C@@H](NC(C)=O)[C@H](O[C@H]4[C@@H](O)[C@@H](CO)O[C@@H](O[C@H]5[C@H](O[C@@H]6O[C@@H](C)[C@@H](O)[C@@H](O)[C@@H]6O)[C@@H](NC(C)=O)C(O)O[C@@H]5CO)[C@@H]4O)O[C@@H]3CO)[C@@H]2O)O[C@H](CO)[C@@H](O[C@@H]2O[C@H](CO)[C@H](O)[C@H](O[C@]3(C(=O)O)C[C@H](O)[C@@H](NC(C)=O)[C@H]([C@H](O)[C@H](O)CO)O3)[C@H]2O)[C@@H]1O. The standard InChI is InChI=1S/C59H98N4O43/c1-14-31(77)38(84)39(85)54(92-14)102-47-30(63-18(5)74)51(89)93-26(13-70)45(47)101-56-41(87)49(34(80)22(9-66)95-56)104-53-28(61-16(3)72)36(82)43(24(11-68)97-53)99-55-40(86)48(33(79)21(8-65)94-55)103-52-29(62-17(4)73)37(83)44(25(12-69)98-52)100-57-42(88)50(35(81)23(10-67)96-57)106-59(58(90)91)6-19(75)27(60-15(2)71)46(105-59)32(78)20(76)7-64/h14,19-57,64-70,75-89H,6-13H2,1-5H3,(H,60,71)(H,61,72)(H,62,73)(H,63,74)(H,90,91)/t14-,19-,20+,21+,22+,23+,24+,25+,26+,27+,28+,29+,30+,31+,32+,33-,34-,35-,36+,37+,38+,39-,40+,41+,42+,43+,44+,45+,46+,47+,48-,49-,50-,51?,52-,53-,54-,55-,56-,57-,59-/m0/s1. The Morgan fingerprint density at radius 3 is 1.14 bits per heavy atom. The predicted octanol–water partition coefficient (Wildman–Crippen LogP) is -17.6. The molecule has 8 fully saturated rings. The number of hydrogen-bond acceptors (Lipinski definition) is 42. The lowest BCUT2D eigenvalue weighted by molar-refractivity contribution is -0.392. The van der Waals surface area contributed by atoms with Gasteiger partial charge in [0, 0.05) is 34.1 Å². The molecule has 4 amide bonds. The topological polar surface area (TPSA) is 737 Å². The van der Waals surface area contributed by atoms with Crippen molar-refractivity contribution in [1.29, 1.82) is 0 Å². The zero-order valence-corrected chi connectivity index (χ0v) is 57.2. The number of aliphatic hydroxyl groups is 22. The highest BCUT2D eigenvalue weighted by atomic mass is 16.8. The summed E-state index contributed by atoms with van der Waals surface area (Å²) in [6.07, 6.45) is -75.2. The first-order valence-electron chi connectivity index (χ1n) is 33.6. The Bertz CT molecular complexity index is 2860. The van der Waals surface area contributed by atoms with Gasteiger partial charge in [0.05, 0.1) is 64.5 Å². The molecule has 0 aromatic carbocycles. The quantitative estimate of drug-likeness (QED) is 0.0346. The molecule has 8 aliphatic rings. The summed E-state index contributed by atoms with van der Waals surface area (Å²) in [5.74, 6) is -8.96. The van der Waals surface area contributed by atoms with E-state index < -0.39 is 333 Å². The van der Waals surface area contributed by atoms with Crippen molar-refractivity contribution in [3.05, 3.63) is 0 Å². The van der Waals surface area contributed by atoms with Crippen LogP contribution in [0.5, 0.6) is 0 Å². The Labute approximate surface area is 600 Å². The highest BCUT2D eigenvalue weighted by Gasteiger charge is 2.63. The zero-order valence-electron chi connectivity index (χ0n) is 57.2. The molecule has 612 valence electrons. The second kappa shape index (κ2) is 37.5. The molecule has 47 nitrogen and oxygen atoms in total. The molecule has 41 atom stereocenters. The molecule has 8 rings (SSSR count). The minimum Gasteiger partial charge on any atom is -0.477 e. The molecule has 0 spiro atoms. The highest BCUT2D eigenvalue weighted by Crippen LogP contribution is 2.41. The smallest absolute Gasteiger partial charge is 0.364 e. The molecule has 8 aliphatic heterocycles. The maximum absolute atomic E-state index is 13.1. The van der Waals surface area contributed by atoms with Gasteiger partial charge in [-0.2, -0.15) is 0 Å². The van der Waals surface area contributed by atoms with Crippen LogP contribution in [0.1, 0.15) is 41.0 Å². The number of ether oxygens (including phenoxy) is 15. The average Bonchev–Trinajstić information content (AvgIpc) is 0.768. The predicted molar refractivity (Wildman–Crippen MR) is 327 cm³/mol. The third kappa shape index (κ3) is 19.0. The Morgan fingerprint density at radius 1 is 0.387 bits per heavy atom. The minimum atomic E-state index is -3.25. The lowest BCUT2D eigenvalue weighted by Gasteiger charge is -2.51. The van der Waals surface area contributed by atoms with E-state index >= 15 is 0 Å². The molecular weight excluding hydrogens is 1450 g/mol. The van der Waals surface area contributed by atoms with Gasteiger partial charge in [-0.1, -0.05) is 0 Å². The van der Waals surface area contributed by atoms with E-state index in [1.165, 1.54) is 6.92 Å². The van der Waals surface area contributed by atoms with Crippen LogP contribution in [0, 0.1) is 0 Å². The van der Waals surface area contributed by atoms with Gasteiger partial charge >= 0.3 is 5.97 Å². The number of hydrogen-bond donors (Lipinski definition) is 27. The molecule has 8 saturated heterocycles. The second-order valence-electron chi connectivity index (χ2n) is 26.7. The molecule has 106 heavy (non-hydrogen) atoms. The second-order valence-corrected chi connectivity index (χ2v) is 26.7. The van der Waals surface area contributed by atoms with E-state index in [4.69, 9.17) is 71.1 Å². The van der Waals surface area contributed by atoms with Crippen LogP contribution in [0.3, 0.4) is 0 Å². The number of aliphatic hydroxyl groups excluding tert-OH is 22. The van der Waals surface area contributed by atoms with E-state index in [9.17, 15) is 141 Å². The Hall–Kier alpha value is -4.13.